The monoisotopic (exact) mass is 541 g/mol. The molecule has 198 valence electrons. The first kappa shape index (κ1) is 26.6. The third-order valence-corrected chi connectivity index (χ3v) is 7.97. The van der Waals surface area contributed by atoms with E-state index in [2.05, 4.69) is 10.8 Å². The quantitative estimate of drug-likeness (QED) is 0.107. The van der Waals surface area contributed by atoms with Gasteiger partial charge in [0.05, 0.1) is 0 Å². The number of halogens is 1. The van der Waals surface area contributed by atoms with Gasteiger partial charge in [-0.1, -0.05) is 24.5 Å². The number of piperidine rings is 1. The molecule has 0 aliphatic carbocycles. The van der Waals surface area contributed by atoms with Crippen molar-refractivity contribution in [3.05, 3.63) is 83.2 Å². The van der Waals surface area contributed by atoms with E-state index in [4.69, 9.17) is 15.9 Å². The van der Waals surface area contributed by atoms with E-state index in [9.17, 15) is 14.0 Å². The van der Waals surface area contributed by atoms with Gasteiger partial charge in [0, 0.05) is 45.1 Å². The lowest BCUT2D eigenvalue weighted by molar-refractivity contribution is -0.132. The molecule has 1 aromatic heterocycles. The Bertz CT molecular complexity index is 1560. The van der Waals surface area contributed by atoms with Crippen molar-refractivity contribution in [2.45, 2.75) is 26.2 Å². The Kier molecular flexibility index (Phi) is 8.06. The highest BCUT2D eigenvalue weighted by molar-refractivity contribution is 7.22. The van der Waals surface area contributed by atoms with Gasteiger partial charge < -0.3 is 9.47 Å². The second-order valence-electron chi connectivity index (χ2n) is 9.50. The largest absolute Gasteiger partial charge is 0.492 e. The van der Waals surface area contributed by atoms with E-state index in [1.54, 1.807) is 24.3 Å². The third-order valence-electron chi connectivity index (χ3n) is 6.77. The minimum Gasteiger partial charge on any atom is -0.492 e. The summed E-state index contributed by atoms with van der Waals surface area (Å²) < 4.78 is 26.1. The zero-order valence-electron chi connectivity index (χ0n) is 21.7. The summed E-state index contributed by atoms with van der Waals surface area (Å²) in [5, 5.41) is 0.749. The van der Waals surface area contributed by atoms with Gasteiger partial charge >= 0.3 is 5.97 Å². The van der Waals surface area contributed by atoms with Gasteiger partial charge in [-0.05, 0) is 80.0 Å². The van der Waals surface area contributed by atoms with Crippen LogP contribution < -0.4 is 9.47 Å². The number of esters is 1. The molecule has 39 heavy (non-hydrogen) atoms. The second-order valence-corrected chi connectivity index (χ2v) is 10.6. The van der Waals surface area contributed by atoms with Crippen molar-refractivity contribution < 1.29 is 23.5 Å². The Morgan fingerprint density at radius 3 is 2.51 bits per heavy atom. The molecule has 0 saturated carbocycles. The number of benzene rings is 3. The second kappa shape index (κ2) is 11.8. The van der Waals surface area contributed by atoms with Crippen LogP contribution in [0.1, 0.15) is 47.7 Å². The summed E-state index contributed by atoms with van der Waals surface area (Å²) in [5.74, 6) is 1.68. The van der Waals surface area contributed by atoms with Crippen LogP contribution in [0.25, 0.3) is 20.5 Å². The fourth-order valence-corrected chi connectivity index (χ4v) is 6.05. The number of ketones is 1. The van der Waals surface area contributed by atoms with Crippen LogP contribution in [0, 0.1) is 18.2 Å². The number of rotatable bonds is 8. The molecular formula is C32H28FNO4S. The topological polar surface area (TPSA) is 55.8 Å². The number of ether oxygens (including phenoxy) is 2. The molecule has 2 heterocycles. The summed E-state index contributed by atoms with van der Waals surface area (Å²) in [5.41, 5.74) is 2.25. The van der Waals surface area contributed by atoms with Crippen molar-refractivity contribution in [1.29, 1.82) is 0 Å². The Hall–Kier alpha value is -3.99. The molecule has 0 unspecified atom stereocenters. The number of hydrogen-bond acceptors (Lipinski definition) is 6. The van der Waals surface area contributed by atoms with E-state index < -0.39 is 11.8 Å². The highest BCUT2D eigenvalue weighted by Crippen LogP contribution is 2.41. The number of likely N-dealkylation sites (tertiary alicyclic amines) is 1. The van der Waals surface area contributed by atoms with Gasteiger partial charge in [0.15, 0.2) is 17.3 Å². The van der Waals surface area contributed by atoms with E-state index in [0.29, 0.717) is 39.5 Å². The van der Waals surface area contributed by atoms with E-state index in [-0.39, 0.29) is 11.5 Å². The lowest BCUT2D eigenvalue weighted by Gasteiger charge is -2.26. The van der Waals surface area contributed by atoms with Crippen molar-refractivity contribution in [3.63, 3.8) is 0 Å². The maximum atomic E-state index is 14.3. The molecule has 1 aliphatic rings. The van der Waals surface area contributed by atoms with Crippen LogP contribution in [0.4, 0.5) is 4.39 Å². The number of hydrogen-bond donors (Lipinski definition) is 0. The van der Waals surface area contributed by atoms with E-state index in [0.717, 1.165) is 29.7 Å². The molecule has 1 saturated heterocycles. The highest BCUT2D eigenvalue weighted by atomic mass is 32.1. The Morgan fingerprint density at radius 2 is 1.79 bits per heavy atom. The first-order valence-electron chi connectivity index (χ1n) is 12.9. The number of terminal acetylenes is 1. The van der Waals surface area contributed by atoms with Gasteiger partial charge in [-0.25, -0.2) is 4.39 Å². The predicted octanol–water partition coefficient (Wildman–Crippen LogP) is 6.71. The maximum absolute atomic E-state index is 14.3. The van der Waals surface area contributed by atoms with Crippen molar-refractivity contribution in [2.24, 2.45) is 0 Å². The molecular weight excluding hydrogens is 513 g/mol. The summed E-state index contributed by atoms with van der Waals surface area (Å²) in [7, 11) is 0. The van der Waals surface area contributed by atoms with Crippen molar-refractivity contribution in [3.8, 4) is 34.3 Å². The smallest absolute Gasteiger partial charge is 0.308 e. The molecule has 0 amide bonds. The van der Waals surface area contributed by atoms with E-state index >= 15 is 0 Å². The predicted molar refractivity (Wildman–Crippen MR) is 152 cm³/mol. The molecule has 3 aromatic carbocycles. The Balaban J connectivity index is 1.45. The van der Waals surface area contributed by atoms with Crippen LogP contribution >= 0.6 is 11.3 Å². The molecule has 0 radical (unpaired) electrons. The van der Waals surface area contributed by atoms with Crippen LogP contribution in [0.2, 0.25) is 0 Å². The average molecular weight is 542 g/mol. The number of nitrogens with zero attached hydrogens (tertiary/aromatic N) is 1. The van der Waals surface area contributed by atoms with Crippen molar-refractivity contribution in [2.75, 3.05) is 26.2 Å². The minimum absolute atomic E-state index is 0.178. The maximum Gasteiger partial charge on any atom is 0.308 e. The number of carbonyl (C=O) groups is 2. The summed E-state index contributed by atoms with van der Waals surface area (Å²) in [6.45, 7) is 4.93. The summed E-state index contributed by atoms with van der Waals surface area (Å²) >= 11 is 1.38. The van der Waals surface area contributed by atoms with Crippen LogP contribution in [0.5, 0.6) is 11.5 Å². The lowest BCUT2D eigenvalue weighted by atomic mass is 9.97. The van der Waals surface area contributed by atoms with Crippen LogP contribution in [-0.4, -0.2) is 42.9 Å². The zero-order valence-corrected chi connectivity index (χ0v) is 22.5. The molecule has 7 heteroatoms. The van der Waals surface area contributed by atoms with Gasteiger partial charge in [0.2, 0.25) is 0 Å². The lowest BCUT2D eigenvalue weighted by Crippen LogP contribution is -2.33. The molecule has 5 nitrogen and oxygen atoms in total. The first-order chi connectivity index (χ1) is 18.9. The SMILES string of the molecule is C#Cc1ccc2c(C(=O)c3ccc(OCCN4CCCCC4)cc3)c(-c3ccc(F)c(OC(C)=O)c3)sc2c1. The molecule has 4 aromatic rings. The van der Waals surface area contributed by atoms with Gasteiger partial charge in [-0.15, -0.1) is 17.8 Å². The van der Waals surface area contributed by atoms with Gasteiger partial charge in [-0.2, -0.15) is 0 Å². The molecule has 0 N–H and O–H groups in total. The Morgan fingerprint density at radius 1 is 1.03 bits per heavy atom. The van der Waals surface area contributed by atoms with E-state index in [1.165, 1.54) is 49.7 Å². The number of carbonyl (C=O) groups excluding carboxylic acids is 2. The van der Waals surface area contributed by atoms with Crippen LogP contribution in [-0.2, 0) is 4.79 Å². The fourth-order valence-electron chi connectivity index (χ4n) is 4.82. The van der Waals surface area contributed by atoms with Crippen molar-refractivity contribution >= 4 is 33.2 Å². The molecule has 1 fully saturated rings. The zero-order chi connectivity index (χ0) is 27.4. The number of thiophene rings is 1. The summed E-state index contributed by atoms with van der Waals surface area (Å²) in [4.78, 5) is 28.4. The third kappa shape index (κ3) is 6.03. The summed E-state index contributed by atoms with van der Waals surface area (Å²) in [6, 6.07) is 16.9. The molecule has 0 atom stereocenters. The normalized spacial score (nSPS) is 13.7. The molecule has 0 bridgehead atoms. The van der Waals surface area contributed by atoms with Gasteiger partial charge in [0.1, 0.15) is 12.4 Å². The Labute approximate surface area is 231 Å². The molecule has 5 rings (SSSR count). The summed E-state index contributed by atoms with van der Waals surface area (Å²) in [6.07, 6.45) is 9.38. The van der Waals surface area contributed by atoms with Gasteiger partial charge in [0.25, 0.3) is 0 Å². The molecule has 0 spiro atoms. The number of fused-ring (bicyclic) bond motifs is 1. The van der Waals surface area contributed by atoms with E-state index in [1.807, 2.05) is 24.3 Å². The first-order valence-corrected chi connectivity index (χ1v) is 13.8. The average Bonchev–Trinajstić information content (AvgIpc) is 3.33. The van der Waals surface area contributed by atoms with Crippen molar-refractivity contribution in [1.82, 2.24) is 4.90 Å². The van der Waals surface area contributed by atoms with Crippen LogP contribution in [0.15, 0.2) is 60.7 Å². The highest BCUT2D eigenvalue weighted by Gasteiger charge is 2.23. The standard InChI is InChI=1S/C32H28FNO4S/c1-3-22-7-13-26-29(19-22)39-32(24-10-14-27(33)28(20-24)38-21(2)35)30(26)31(36)23-8-11-25(12-9-23)37-18-17-34-15-5-4-6-16-34/h1,7-14,19-20H,4-6,15-18H2,2H3. The molecule has 1 aliphatic heterocycles. The minimum atomic E-state index is -0.659. The van der Waals surface area contributed by atoms with Crippen LogP contribution in [0.3, 0.4) is 0 Å². The van der Waals surface area contributed by atoms with Gasteiger partial charge in [-0.3, -0.25) is 14.5 Å². The fraction of sp³-hybridized carbons (Fsp3) is 0.250.